The van der Waals surface area contributed by atoms with Crippen LogP contribution in [0.15, 0.2) is 41.2 Å². The maximum atomic E-state index is 11.9. The van der Waals surface area contributed by atoms with Gasteiger partial charge in [-0.2, -0.15) is 0 Å². The third kappa shape index (κ3) is 3.25. The Labute approximate surface area is 120 Å². The van der Waals surface area contributed by atoms with Crippen molar-refractivity contribution >= 4 is 16.9 Å². The van der Waals surface area contributed by atoms with Gasteiger partial charge in [0, 0.05) is 12.1 Å². The second-order valence-electron chi connectivity index (χ2n) is 4.72. The summed E-state index contributed by atoms with van der Waals surface area (Å²) in [6, 6.07) is 7.56. The number of benzene rings is 1. The van der Waals surface area contributed by atoms with Gasteiger partial charge in [0.2, 0.25) is 5.91 Å². The van der Waals surface area contributed by atoms with E-state index in [1.54, 1.807) is 17.1 Å². The highest BCUT2D eigenvalue weighted by molar-refractivity contribution is 5.79. The molecule has 0 aliphatic carbocycles. The highest BCUT2D eigenvalue weighted by atomic mass is 16.5. The number of carbonyl (C=O) groups is 1. The highest BCUT2D eigenvalue weighted by Gasteiger charge is 2.07. The summed E-state index contributed by atoms with van der Waals surface area (Å²) in [7, 11) is 0. The molecule has 21 heavy (non-hydrogen) atoms. The minimum Gasteiger partial charge on any atom is -0.364 e. The number of rotatable bonds is 6. The van der Waals surface area contributed by atoms with Crippen LogP contribution in [-0.2, 0) is 17.8 Å². The first-order valence-corrected chi connectivity index (χ1v) is 6.76. The number of hydrogen-bond donors (Lipinski definition) is 1. The Morgan fingerprint density at radius 2 is 2.24 bits per heavy atom. The molecule has 7 nitrogen and oxygen atoms in total. The molecule has 1 N–H and O–H groups in total. The SMILES string of the molecule is O=C(Cn1nnc2ccccc21)NCCCc1cnoc1. The zero-order valence-corrected chi connectivity index (χ0v) is 11.4. The van der Waals surface area contributed by atoms with Crippen LogP contribution in [0, 0.1) is 0 Å². The molecular weight excluding hydrogens is 270 g/mol. The van der Waals surface area contributed by atoms with Crippen LogP contribution in [0.2, 0.25) is 0 Å². The first kappa shape index (κ1) is 13.3. The van der Waals surface area contributed by atoms with Gasteiger partial charge >= 0.3 is 0 Å². The van der Waals surface area contributed by atoms with Crippen molar-refractivity contribution < 1.29 is 9.32 Å². The quantitative estimate of drug-likeness (QED) is 0.687. The standard InChI is InChI=1S/C14H15N5O2/c20-14(15-7-3-4-11-8-16-21-10-11)9-19-13-6-2-1-5-12(13)17-18-19/h1-2,5-6,8,10H,3-4,7,9H2,(H,15,20). The Bertz CT molecular complexity index is 720. The van der Waals surface area contributed by atoms with E-state index < -0.39 is 0 Å². The summed E-state index contributed by atoms with van der Waals surface area (Å²) in [4.78, 5) is 11.9. The van der Waals surface area contributed by atoms with Crippen molar-refractivity contribution in [3.8, 4) is 0 Å². The van der Waals surface area contributed by atoms with E-state index in [2.05, 4.69) is 20.8 Å². The smallest absolute Gasteiger partial charge is 0.241 e. The van der Waals surface area contributed by atoms with Gasteiger partial charge in [0.25, 0.3) is 0 Å². The van der Waals surface area contributed by atoms with E-state index in [0.717, 1.165) is 29.4 Å². The molecule has 3 aromatic rings. The molecule has 1 amide bonds. The average molecular weight is 285 g/mol. The maximum absolute atomic E-state index is 11.9. The van der Waals surface area contributed by atoms with Crippen LogP contribution in [0.3, 0.4) is 0 Å². The fraction of sp³-hybridized carbons (Fsp3) is 0.286. The van der Waals surface area contributed by atoms with Crippen LogP contribution in [0.25, 0.3) is 11.0 Å². The van der Waals surface area contributed by atoms with Gasteiger partial charge in [-0.3, -0.25) is 4.79 Å². The summed E-state index contributed by atoms with van der Waals surface area (Å²) in [6.07, 6.45) is 4.97. The van der Waals surface area contributed by atoms with Gasteiger partial charge in [0.05, 0.1) is 11.7 Å². The summed E-state index contributed by atoms with van der Waals surface area (Å²) in [6.45, 7) is 0.782. The second-order valence-corrected chi connectivity index (χ2v) is 4.72. The molecule has 0 bridgehead atoms. The molecule has 1 aromatic carbocycles. The van der Waals surface area contributed by atoms with E-state index in [9.17, 15) is 4.79 Å². The molecule has 0 spiro atoms. The van der Waals surface area contributed by atoms with Crippen LogP contribution >= 0.6 is 0 Å². The molecule has 108 valence electrons. The minimum absolute atomic E-state index is 0.0732. The number of fused-ring (bicyclic) bond motifs is 1. The average Bonchev–Trinajstić information content (AvgIpc) is 3.14. The summed E-state index contributed by atoms with van der Waals surface area (Å²) in [5.74, 6) is -0.0732. The van der Waals surface area contributed by atoms with Crippen molar-refractivity contribution in [2.45, 2.75) is 19.4 Å². The highest BCUT2D eigenvalue weighted by Crippen LogP contribution is 2.09. The molecular formula is C14H15N5O2. The summed E-state index contributed by atoms with van der Waals surface area (Å²) in [5.41, 5.74) is 2.68. The first-order valence-electron chi connectivity index (χ1n) is 6.76. The number of nitrogens with one attached hydrogen (secondary N) is 1. The Balaban J connectivity index is 1.48. The molecule has 2 heterocycles. The molecule has 0 unspecified atom stereocenters. The zero-order valence-electron chi connectivity index (χ0n) is 11.4. The lowest BCUT2D eigenvalue weighted by Crippen LogP contribution is -2.29. The summed E-state index contributed by atoms with van der Waals surface area (Å²) >= 11 is 0. The molecule has 0 saturated carbocycles. The van der Waals surface area contributed by atoms with Crippen LogP contribution in [-0.4, -0.2) is 32.6 Å². The van der Waals surface area contributed by atoms with E-state index >= 15 is 0 Å². The van der Waals surface area contributed by atoms with Crippen molar-refractivity contribution in [2.24, 2.45) is 0 Å². The third-order valence-electron chi connectivity index (χ3n) is 3.16. The molecule has 0 saturated heterocycles. The van der Waals surface area contributed by atoms with Crippen LogP contribution < -0.4 is 5.32 Å². The van der Waals surface area contributed by atoms with Gasteiger partial charge in [0.1, 0.15) is 18.3 Å². The number of para-hydroxylation sites is 1. The van der Waals surface area contributed by atoms with Crippen LogP contribution in [0.1, 0.15) is 12.0 Å². The van der Waals surface area contributed by atoms with Crippen molar-refractivity contribution in [1.29, 1.82) is 0 Å². The largest absolute Gasteiger partial charge is 0.364 e. The van der Waals surface area contributed by atoms with Crippen molar-refractivity contribution in [2.75, 3.05) is 6.54 Å². The number of amides is 1. The first-order chi connectivity index (χ1) is 10.3. The fourth-order valence-electron chi connectivity index (χ4n) is 2.10. The lowest BCUT2D eigenvalue weighted by Gasteiger charge is -2.05. The molecule has 3 rings (SSSR count). The van der Waals surface area contributed by atoms with Crippen molar-refractivity contribution in [1.82, 2.24) is 25.5 Å². The molecule has 0 aliphatic rings. The maximum Gasteiger partial charge on any atom is 0.241 e. The summed E-state index contributed by atoms with van der Waals surface area (Å²) < 4.78 is 6.35. The lowest BCUT2D eigenvalue weighted by molar-refractivity contribution is -0.121. The number of nitrogens with zero attached hydrogens (tertiary/aromatic N) is 4. The Morgan fingerprint density at radius 3 is 3.10 bits per heavy atom. The van der Waals surface area contributed by atoms with Gasteiger partial charge in [-0.15, -0.1) is 5.10 Å². The van der Waals surface area contributed by atoms with E-state index in [4.69, 9.17) is 4.52 Å². The Morgan fingerprint density at radius 1 is 1.33 bits per heavy atom. The molecule has 0 atom stereocenters. The van der Waals surface area contributed by atoms with Crippen molar-refractivity contribution in [3.05, 3.63) is 42.3 Å². The topological polar surface area (TPSA) is 85.8 Å². The summed E-state index contributed by atoms with van der Waals surface area (Å²) in [5, 5.41) is 14.5. The van der Waals surface area contributed by atoms with E-state index in [1.165, 1.54) is 0 Å². The fourth-order valence-corrected chi connectivity index (χ4v) is 2.10. The molecule has 0 fully saturated rings. The van der Waals surface area contributed by atoms with Gasteiger partial charge in [-0.05, 0) is 25.0 Å². The van der Waals surface area contributed by atoms with E-state index in [1.807, 2.05) is 24.3 Å². The van der Waals surface area contributed by atoms with Gasteiger partial charge in [-0.25, -0.2) is 4.68 Å². The van der Waals surface area contributed by atoms with Gasteiger partial charge < -0.3 is 9.84 Å². The predicted octanol–water partition coefficient (Wildman–Crippen LogP) is 1.17. The van der Waals surface area contributed by atoms with Crippen LogP contribution in [0.4, 0.5) is 0 Å². The minimum atomic E-state index is -0.0732. The third-order valence-corrected chi connectivity index (χ3v) is 3.16. The Hall–Kier alpha value is -2.70. The van der Waals surface area contributed by atoms with Gasteiger partial charge in [-0.1, -0.05) is 22.5 Å². The number of aryl methyl sites for hydroxylation is 1. The van der Waals surface area contributed by atoms with E-state index in [0.29, 0.717) is 6.54 Å². The lowest BCUT2D eigenvalue weighted by atomic mass is 10.2. The second kappa shape index (κ2) is 6.17. The molecule has 0 aliphatic heterocycles. The Kier molecular flexibility index (Phi) is 3.90. The number of carbonyl (C=O) groups excluding carboxylic acids is 1. The zero-order chi connectivity index (χ0) is 14.5. The molecule has 0 radical (unpaired) electrons. The van der Waals surface area contributed by atoms with E-state index in [-0.39, 0.29) is 12.5 Å². The van der Waals surface area contributed by atoms with Crippen molar-refractivity contribution in [3.63, 3.8) is 0 Å². The van der Waals surface area contributed by atoms with Crippen LogP contribution in [0.5, 0.6) is 0 Å². The predicted molar refractivity (Wildman–Crippen MR) is 75.4 cm³/mol. The monoisotopic (exact) mass is 285 g/mol. The normalized spacial score (nSPS) is 10.9. The molecule has 2 aromatic heterocycles. The number of hydrogen-bond acceptors (Lipinski definition) is 5. The number of aromatic nitrogens is 4. The van der Waals surface area contributed by atoms with Gasteiger partial charge in [0.15, 0.2) is 0 Å². The molecule has 7 heteroatoms.